The standard InChI is InChI=1S/C12H20N2O2/c1-2-3-7-14(8-9-15)12-11(10-16)5-4-6-13-12/h4-6,15-16H,2-3,7-10H2,1H3. The van der Waals surface area contributed by atoms with E-state index in [1.165, 1.54) is 0 Å². The molecule has 0 fully saturated rings. The van der Waals surface area contributed by atoms with Crippen LogP contribution in [0.2, 0.25) is 0 Å². The van der Waals surface area contributed by atoms with E-state index in [9.17, 15) is 5.11 Å². The molecule has 4 nitrogen and oxygen atoms in total. The maximum absolute atomic E-state index is 9.23. The van der Waals surface area contributed by atoms with Gasteiger partial charge in [-0.1, -0.05) is 19.4 Å². The zero-order chi connectivity index (χ0) is 11.8. The summed E-state index contributed by atoms with van der Waals surface area (Å²) in [5, 5.41) is 18.3. The summed E-state index contributed by atoms with van der Waals surface area (Å²) in [6.45, 7) is 3.63. The van der Waals surface area contributed by atoms with Crippen LogP contribution in [0.15, 0.2) is 18.3 Å². The van der Waals surface area contributed by atoms with Crippen LogP contribution in [-0.4, -0.2) is 34.9 Å². The Hall–Kier alpha value is -1.13. The molecule has 0 unspecified atom stereocenters. The molecule has 0 saturated heterocycles. The molecule has 0 aliphatic rings. The highest BCUT2D eigenvalue weighted by molar-refractivity contribution is 5.46. The van der Waals surface area contributed by atoms with E-state index < -0.39 is 0 Å². The molecule has 1 aromatic heterocycles. The summed E-state index contributed by atoms with van der Waals surface area (Å²) in [6.07, 6.45) is 3.87. The van der Waals surface area contributed by atoms with Gasteiger partial charge in [-0.2, -0.15) is 0 Å². The van der Waals surface area contributed by atoms with Gasteiger partial charge in [-0.25, -0.2) is 4.98 Å². The molecule has 2 N–H and O–H groups in total. The van der Waals surface area contributed by atoms with E-state index in [-0.39, 0.29) is 13.2 Å². The van der Waals surface area contributed by atoms with Crippen LogP contribution < -0.4 is 4.90 Å². The first-order chi connectivity index (χ1) is 7.83. The summed E-state index contributed by atoms with van der Waals surface area (Å²) in [6, 6.07) is 3.67. The van der Waals surface area contributed by atoms with Crippen molar-refractivity contribution in [2.24, 2.45) is 0 Å². The predicted octanol–water partition coefficient (Wildman–Crippen LogP) is 1.17. The van der Waals surface area contributed by atoms with Gasteiger partial charge in [0.05, 0.1) is 13.2 Å². The van der Waals surface area contributed by atoms with E-state index in [2.05, 4.69) is 11.9 Å². The minimum absolute atomic E-state index is 0.0166. The van der Waals surface area contributed by atoms with Crippen molar-refractivity contribution in [2.75, 3.05) is 24.6 Å². The Morgan fingerprint density at radius 2 is 2.12 bits per heavy atom. The van der Waals surface area contributed by atoms with E-state index in [4.69, 9.17) is 5.11 Å². The second-order valence-corrected chi connectivity index (χ2v) is 3.71. The second kappa shape index (κ2) is 7.19. The van der Waals surface area contributed by atoms with Crippen molar-refractivity contribution in [3.05, 3.63) is 23.9 Å². The fourth-order valence-electron chi connectivity index (χ4n) is 1.63. The fraction of sp³-hybridized carbons (Fsp3) is 0.583. The minimum Gasteiger partial charge on any atom is -0.395 e. The molecule has 4 heteroatoms. The minimum atomic E-state index is -0.0166. The number of aromatic nitrogens is 1. The van der Waals surface area contributed by atoms with Crippen molar-refractivity contribution in [2.45, 2.75) is 26.4 Å². The lowest BCUT2D eigenvalue weighted by atomic mass is 10.2. The van der Waals surface area contributed by atoms with E-state index >= 15 is 0 Å². The maximum atomic E-state index is 9.23. The average Bonchev–Trinajstić information content (AvgIpc) is 2.34. The molecule has 1 aromatic rings. The van der Waals surface area contributed by atoms with E-state index in [0.717, 1.165) is 30.8 Å². The maximum Gasteiger partial charge on any atom is 0.134 e. The van der Waals surface area contributed by atoms with Crippen molar-refractivity contribution < 1.29 is 10.2 Å². The lowest BCUT2D eigenvalue weighted by Gasteiger charge is -2.24. The Morgan fingerprint density at radius 1 is 1.31 bits per heavy atom. The number of unbranched alkanes of at least 4 members (excludes halogenated alkanes) is 1. The van der Waals surface area contributed by atoms with Gasteiger partial charge in [0.1, 0.15) is 5.82 Å². The highest BCUT2D eigenvalue weighted by Gasteiger charge is 2.10. The lowest BCUT2D eigenvalue weighted by molar-refractivity contribution is 0.280. The van der Waals surface area contributed by atoms with Gasteiger partial charge < -0.3 is 15.1 Å². The molecule has 16 heavy (non-hydrogen) atoms. The molecule has 0 aliphatic carbocycles. The average molecular weight is 224 g/mol. The van der Waals surface area contributed by atoms with Gasteiger partial charge >= 0.3 is 0 Å². The highest BCUT2D eigenvalue weighted by atomic mass is 16.3. The molecular weight excluding hydrogens is 204 g/mol. The van der Waals surface area contributed by atoms with Crippen LogP contribution in [0.25, 0.3) is 0 Å². The van der Waals surface area contributed by atoms with Crippen LogP contribution in [0.3, 0.4) is 0 Å². The quantitative estimate of drug-likeness (QED) is 0.730. The molecular formula is C12H20N2O2. The number of aliphatic hydroxyl groups excluding tert-OH is 2. The molecule has 0 aliphatic heterocycles. The predicted molar refractivity (Wildman–Crippen MR) is 64.4 cm³/mol. The third kappa shape index (κ3) is 3.47. The number of hydrogen-bond acceptors (Lipinski definition) is 4. The first kappa shape index (κ1) is 12.9. The first-order valence-corrected chi connectivity index (χ1v) is 5.74. The zero-order valence-corrected chi connectivity index (χ0v) is 9.76. The summed E-state index contributed by atoms with van der Waals surface area (Å²) in [7, 11) is 0. The van der Waals surface area contributed by atoms with Gasteiger partial charge in [0.15, 0.2) is 0 Å². The first-order valence-electron chi connectivity index (χ1n) is 5.74. The Labute approximate surface area is 96.6 Å². The lowest BCUT2D eigenvalue weighted by Crippen LogP contribution is -2.29. The van der Waals surface area contributed by atoms with Gasteiger partial charge in [0.2, 0.25) is 0 Å². The number of rotatable bonds is 7. The topological polar surface area (TPSA) is 56.6 Å². The van der Waals surface area contributed by atoms with E-state index in [0.29, 0.717) is 6.54 Å². The molecule has 1 heterocycles. The summed E-state index contributed by atoms with van der Waals surface area (Å²) >= 11 is 0. The van der Waals surface area contributed by atoms with Crippen LogP contribution in [0.4, 0.5) is 5.82 Å². The fourth-order valence-corrected chi connectivity index (χ4v) is 1.63. The molecule has 0 bridgehead atoms. The van der Waals surface area contributed by atoms with Crippen molar-refractivity contribution in [1.82, 2.24) is 4.98 Å². The molecule has 0 aromatic carbocycles. The molecule has 90 valence electrons. The Balaban J connectivity index is 2.81. The van der Waals surface area contributed by atoms with Gasteiger partial charge in [0, 0.05) is 24.8 Å². The third-order valence-corrected chi connectivity index (χ3v) is 2.49. The number of nitrogens with zero attached hydrogens (tertiary/aromatic N) is 2. The molecule has 0 atom stereocenters. The monoisotopic (exact) mass is 224 g/mol. The molecule has 0 radical (unpaired) electrons. The zero-order valence-electron chi connectivity index (χ0n) is 9.76. The Morgan fingerprint density at radius 3 is 2.75 bits per heavy atom. The van der Waals surface area contributed by atoms with Crippen molar-refractivity contribution >= 4 is 5.82 Å². The van der Waals surface area contributed by atoms with Crippen LogP contribution in [0.1, 0.15) is 25.3 Å². The smallest absolute Gasteiger partial charge is 0.134 e. The summed E-state index contributed by atoms with van der Waals surface area (Å²) in [5.74, 6) is 0.785. The van der Waals surface area contributed by atoms with Gasteiger partial charge in [-0.05, 0) is 12.5 Å². The van der Waals surface area contributed by atoms with Gasteiger partial charge in [-0.15, -0.1) is 0 Å². The number of anilines is 1. The number of aliphatic hydroxyl groups is 2. The van der Waals surface area contributed by atoms with Crippen molar-refractivity contribution in [3.8, 4) is 0 Å². The molecule has 1 rings (SSSR count). The van der Waals surface area contributed by atoms with Crippen LogP contribution in [0, 0.1) is 0 Å². The van der Waals surface area contributed by atoms with Crippen molar-refractivity contribution in [3.63, 3.8) is 0 Å². The van der Waals surface area contributed by atoms with Crippen molar-refractivity contribution in [1.29, 1.82) is 0 Å². The van der Waals surface area contributed by atoms with E-state index in [1.807, 2.05) is 17.0 Å². The highest BCUT2D eigenvalue weighted by Crippen LogP contribution is 2.17. The number of pyridine rings is 1. The van der Waals surface area contributed by atoms with Gasteiger partial charge in [-0.3, -0.25) is 0 Å². The van der Waals surface area contributed by atoms with Crippen LogP contribution in [0.5, 0.6) is 0 Å². The van der Waals surface area contributed by atoms with Crippen LogP contribution >= 0.6 is 0 Å². The normalized spacial score (nSPS) is 10.4. The summed E-state index contributed by atoms with van der Waals surface area (Å²) < 4.78 is 0. The Bertz CT molecular complexity index is 305. The number of hydrogen-bond donors (Lipinski definition) is 2. The molecule has 0 saturated carbocycles. The SMILES string of the molecule is CCCCN(CCO)c1ncccc1CO. The molecule has 0 amide bonds. The van der Waals surface area contributed by atoms with Crippen LogP contribution in [-0.2, 0) is 6.61 Å². The molecule has 0 spiro atoms. The summed E-state index contributed by atoms with van der Waals surface area (Å²) in [4.78, 5) is 6.30. The summed E-state index contributed by atoms with van der Waals surface area (Å²) in [5.41, 5.74) is 0.812. The van der Waals surface area contributed by atoms with E-state index in [1.54, 1.807) is 6.20 Å². The third-order valence-electron chi connectivity index (χ3n) is 2.49. The second-order valence-electron chi connectivity index (χ2n) is 3.71. The largest absolute Gasteiger partial charge is 0.395 e. The van der Waals surface area contributed by atoms with Gasteiger partial charge in [0.25, 0.3) is 0 Å². The Kier molecular flexibility index (Phi) is 5.82.